The molecule has 1 aromatic carbocycles. The van der Waals surface area contributed by atoms with E-state index in [0.29, 0.717) is 17.0 Å². The summed E-state index contributed by atoms with van der Waals surface area (Å²) in [5.41, 5.74) is 0.796. The summed E-state index contributed by atoms with van der Waals surface area (Å²) in [6, 6.07) is 9.74. The van der Waals surface area contributed by atoms with Crippen LogP contribution in [0, 0.1) is 0 Å². The Labute approximate surface area is 118 Å². The van der Waals surface area contributed by atoms with Gasteiger partial charge in [0.1, 0.15) is 5.82 Å². The molecule has 100 valence electrons. The molecule has 1 aromatic heterocycles. The van der Waals surface area contributed by atoms with Crippen molar-refractivity contribution in [1.29, 1.82) is 0 Å². The number of para-hydroxylation sites is 1. The van der Waals surface area contributed by atoms with Gasteiger partial charge in [0.25, 0.3) is 0 Å². The molecule has 5 heteroatoms. The molecule has 19 heavy (non-hydrogen) atoms. The number of aromatic nitrogens is 2. The summed E-state index contributed by atoms with van der Waals surface area (Å²) >= 11 is 6.09. The highest BCUT2D eigenvalue weighted by atomic mass is 35.5. The van der Waals surface area contributed by atoms with Gasteiger partial charge in [-0.25, -0.2) is 4.98 Å². The fourth-order valence-electron chi connectivity index (χ4n) is 1.54. The molecular weight excluding hydrogens is 260 g/mol. The average Bonchev–Trinajstić information content (AvgIpc) is 2.42. The molecule has 0 amide bonds. The van der Waals surface area contributed by atoms with E-state index in [2.05, 4.69) is 34.4 Å². The van der Waals surface area contributed by atoms with E-state index < -0.39 is 0 Å². The lowest BCUT2D eigenvalue weighted by molar-refractivity contribution is 0.758. The number of rotatable bonds is 5. The Morgan fingerprint density at radius 1 is 1.26 bits per heavy atom. The predicted octanol–water partition coefficient (Wildman–Crippen LogP) is 4.08. The minimum atomic E-state index is 0.378. The largest absolute Gasteiger partial charge is 0.367 e. The van der Waals surface area contributed by atoms with E-state index in [-0.39, 0.29) is 0 Å². The summed E-state index contributed by atoms with van der Waals surface area (Å²) in [4.78, 5) is 8.59. The van der Waals surface area contributed by atoms with Gasteiger partial charge in [-0.3, -0.25) is 0 Å². The van der Waals surface area contributed by atoms with Gasteiger partial charge in [0.2, 0.25) is 5.95 Å². The molecule has 0 spiro atoms. The molecule has 0 aliphatic heterocycles. The fraction of sp³-hybridized carbons (Fsp3) is 0.286. The third-order valence-corrected chi connectivity index (χ3v) is 3.11. The van der Waals surface area contributed by atoms with Crippen molar-refractivity contribution in [3.05, 3.63) is 41.6 Å². The SMILES string of the molecule is CCC(C)Nc1ccnc(Nc2ccccc2Cl)n1. The maximum absolute atomic E-state index is 6.09. The summed E-state index contributed by atoms with van der Waals surface area (Å²) in [5, 5.41) is 7.06. The first-order valence-electron chi connectivity index (χ1n) is 6.30. The van der Waals surface area contributed by atoms with E-state index in [0.717, 1.165) is 17.9 Å². The maximum atomic E-state index is 6.09. The Kier molecular flexibility index (Phi) is 4.58. The molecular formula is C14H17ClN4. The first-order chi connectivity index (χ1) is 9.19. The summed E-state index contributed by atoms with van der Waals surface area (Å²) in [6.07, 6.45) is 2.76. The van der Waals surface area contributed by atoms with Crippen LogP contribution in [0.25, 0.3) is 0 Å². The second-order valence-electron chi connectivity index (χ2n) is 4.32. The van der Waals surface area contributed by atoms with Crippen LogP contribution in [-0.2, 0) is 0 Å². The van der Waals surface area contributed by atoms with Gasteiger partial charge in [0.05, 0.1) is 10.7 Å². The summed E-state index contributed by atoms with van der Waals surface area (Å²) in [6.45, 7) is 4.24. The van der Waals surface area contributed by atoms with Crippen LogP contribution in [0.4, 0.5) is 17.5 Å². The molecule has 0 radical (unpaired) electrons. The van der Waals surface area contributed by atoms with E-state index >= 15 is 0 Å². The van der Waals surface area contributed by atoms with Crippen molar-refractivity contribution in [3.63, 3.8) is 0 Å². The number of halogens is 1. The molecule has 0 saturated carbocycles. The average molecular weight is 277 g/mol. The van der Waals surface area contributed by atoms with Gasteiger partial charge in [-0.15, -0.1) is 0 Å². The Bertz CT molecular complexity index is 544. The van der Waals surface area contributed by atoms with Crippen molar-refractivity contribution < 1.29 is 0 Å². The number of nitrogens with zero attached hydrogens (tertiary/aromatic N) is 2. The highest BCUT2D eigenvalue weighted by Crippen LogP contribution is 2.23. The molecule has 0 aliphatic carbocycles. The van der Waals surface area contributed by atoms with E-state index in [1.165, 1.54) is 0 Å². The number of benzene rings is 1. The zero-order valence-corrected chi connectivity index (χ0v) is 11.8. The minimum absolute atomic E-state index is 0.378. The third-order valence-electron chi connectivity index (χ3n) is 2.78. The Hall–Kier alpha value is -1.81. The van der Waals surface area contributed by atoms with E-state index in [1.807, 2.05) is 30.3 Å². The van der Waals surface area contributed by atoms with Gasteiger partial charge in [-0.2, -0.15) is 4.98 Å². The second kappa shape index (κ2) is 6.38. The van der Waals surface area contributed by atoms with Crippen molar-refractivity contribution >= 4 is 29.1 Å². The van der Waals surface area contributed by atoms with Crippen LogP contribution in [0.2, 0.25) is 5.02 Å². The highest BCUT2D eigenvalue weighted by Gasteiger charge is 2.04. The zero-order chi connectivity index (χ0) is 13.7. The third kappa shape index (κ3) is 3.83. The number of nitrogens with one attached hydrogen (secondary N) is 2. The quantitative estimate of drug-likeness (QED) is 0.864. The van der Waals surface area contributed by atoms with Crippen LogP contribution < -0.4 is 10.6 Å². The van der Waals surface area contributed by atoms with Gasteiger partial charge >= 0.3 is 0 Å². The lowest BCUT2D eigenvalue weighted by atomic mass is 10.2. The molecule has 0 bridgehead atoms. The molecule has 0 fully saturated rings. The fourth-order valence-corrected chi connectivity index (χ4v) is 1.72. The van der Waals surface area contributed by atoms with Crippen molar-refractivity contribution in [2.24, 2.45) is 0 Å². The smallest absolute Gasteiger partial charge is 0.229 e. The van der Waals surface area contributed by atoms with Crippen LogP contribution in [0.5, 0.6) is 0 Å². The zero-order valence-electron chi connectivity index (χ0n) is 11.0. The molecule has 4 nitrogen and oxygen atoms in total. The van der Waals surface area contributed by atoms with Crippen molar-refractivity contribution in [2.75, 3.05) is 10.6 Å². The summed E-state index contributed by atoms with van der Waals surface area (Å²) in [7, 11) is 0. The van der Waals surface area contributed by atoms with E-state index in [4.69, 9.17) is 11.6 Å². The van der Waals surface area contributed by atoms with Crippen LogP contribution >= 0.6 is 11.6 Å². The molecule has 2 N–H and O–H groups in total. The van der Waals surface area contributed by atoms with Crippen molar-refractivity contribution in [2.45, 2.75) is 26.3 Å². The minimum Gasteiger partial charge on any atom is -0.367 e. The van der Waals surface area contributed by atoms with Gasteiger partial charge in [0.15, 0.2) is 0 Å². The lowest BCUT2D eigenvalue weighted by Gasteiger charge is -2.13. The predicted molar refractivity (Wildman–Crippen MR) is 80.1 cm³/mol. The summed E-state index contributed by atoms with van der Waals surface area (Å²) in [5.74, 6) is 1.33. The normalized spacial score (nSPS) is 11.9. The topological polar surface area (TPSA) is 49.8 Å². The first kappa shape index (κ1) is 13.6. The number of hydrogen-bond donors (Lipinski definition) is 2. The van der Waals surface area contributed by atoms with Crippen molar-refractivity contribution in [3.8, 4) is 0 Å². The van der Waals surface area contributed by atoms with Crippen LogP contribution in [0.3, 0.4) is 0 Å². The standard InChI is InChI=1S/C14H17ClN4/c1-3-10(2)17-13-8-9-16-14(19-13)18-12-7-5-4-6-11(12)15/h4-10H,3H2,1-2H3,(H2,16,17,18,19). The van der Waals surface area contributed by atoms with Crippen molar-refractivity contribution in [1.82, 2.24) is 9.97 Å². The molecule has 1 heterocycles. The van der Waals surface area contributed by atoms with Gasteiger partial charge < -0.3 is 10.6 Å². The molecule has 0 aliphatic rings. The molecule has 2 aromatic rings. The van der Waals surface area contributed by atoms with Crippen LogP contribution in [0.15, 0.2) is 36.5 Å². The monoisotopic (exact) mass is 276 g/mol. The second-order valence-corrected chi connectivity index (χ2v) is 4.73. The Morgan fingerprint density at radius 2 is 2.05 bits per heavy atom. The van der Waals surface area contributed by atoms with Gasteiger partial charge in [0, 0.05) is 12.2 Å². The molecule has 1 atom stereocenters. The molecule has 2 rings (SSSR count). The van der Waals surface area contributed by atoms with Gasteiger partial charge in [-0.05, 0) is 31.5 Å². The molecule has 1 unspecified atom stereocenters. The summed E-state index contributed by atoms with van der Waals surface area (Å²) < 4.78 is 0. The van der Waals surface area contributed by atoms with E-state index in [9.17, 15) is 0 Å². The van der Waals surface area contributed by atoms with Crippen LogP contribution in [-0.4, -0.2) is 16.0 Å². The number of hydrogen-bond acceptors (Lipinski definition) is 4. The molecule has 0 saturated heterocycles. The van der Waals surface area contributed by atoms with E-state index in [1.54, 1.807) is 6.20 Å². The highest BCUT2D eigenvalue weighted by molar-refractivity contribution is 6.33. The Balaban J connectivity index is 2.13. The Morgan fingerprint density at radius 3 is 2.79 bits per heavy atom. The lowest BCUT2D eigenvalue weighted by Crippen LogP contribution is -2.15. The van der Waals surface area contributed by atoms with Gasteiger partial charge in [-0.1, -0.05) is 30.7 Å². The first-order valence-corrected chi connectivity index (χ1v) is 6.68. The van der Waals surface area contributed by atoms with Crippen LogP contribution in [0.1, 0.15) is 20.3 Å². The maximum Gasteiger partial charge on any atom is 0.229 e. The number of anilines is 3.